The minimum Gasteiger partial charge on any atom is -0.330 e. The van der Waals surface area contributed by atoms with Gasteiger partial charge in [-0.05, 0) is 43.5 Å². The number of nitrogens with two attached hydrogens (primary N) is 1. The first-order chi connectivity index (χ1) is 6.24. The van der Waals surface area contributed by atoms with E-state index in [4.69, 9.17) is 17.3 Å². The Bertz CT molecular complexity index is 276. The second kappa shape index (κ2) is 5.20. The average molecular weight is 202 g/mol. The van der Waals surface area contributed by atoms with E-state index in [0.29, 0.717) is 11.6 Å². The highest BCUT2D eigenvalue weighted by Crippen LogP contribution is 2.16. The van der Waals surface area contributed by atoms with Crippen LogP contribution >= 0.6 is 11.6 Å². The second-order valence-electron chi connectivity index (χ2n) is 2.98. The van der Waals surface area contributed by atoms with Crippen molar-refractivity contribution in [2.45, 2.75) is 19.3 Å². The number of rotatable bonds is 4. The lowest BCUT2D eigenvalue weighted by Gasteiger charge is -2.02. The van der Waals surface area contributed by atoms with Gasteiger partial charge < -0.3 is 5.73 Å². The molecule has 0 heterocycles. The van der Waals surface area contributed by atoms with Crippen LogP contribution < -0.4 is 5.73 Å². The van der Waals surface area contributed by atoms with Crippen LogP contribution in [0.25, 0.3) is 0 Å². The lowest BCUT2D eigenvalue weighted by atomic mass is 10.1. The Morgan fingerprint density at radius 1 is 1.31 bits per heavy atom. The van der Waals surface area contributed by atoms with Crippen LogP contribution in [-0.2, 0) is 6.42 Å². The first-order valence-electron chi connectivity index (χ1n) is 4.38. The normalized spacial score (nSPS) is 10.4. The zero-order chi connectivity index (χ0) is 9.68. The van der Waals surface area contributed by atoms with Gasteiger partial charge in [-0.25, -0.2) is 4.39 Å². The number of hydrogen-bond acceptors (Lipinski definition) is 1. The maximum absolute atomic E-state index is 13.2. The number of hydrogen-bond donors (Lipinski definition) is 1. The Balaban J connectivity index is 2.56. The largest absolute Gasteiger partial charge is 0.330 e. The molecule has 1 aromatic carbocycles. The van der Waals surface area contributed by atoms with Gasteiger partial charge in [-0.2, -0.15) is 0 Å². The van der Waals surface area contributed by atoms with Crippen molar-refractivity contribution in [1.82, 2.24) is 0 Å². The first-order valence-corrected chi connectivity index (χ1v) is 4.76. The van der Waals surface area contributed by atoms with Crippen LogP contribution in [0.5, 0.6) is 0 Å². The highest BCUT2D eigenvalue weighted by atomic mass is 35.5. The molecule has 0 aliphatic heterocycles. The van der Waals surface area contributed by atoms with Crippen molar-refractivity contribution < 1.29 is 4.39 Å². The van der Waals surface area contributed by atoms with Crippen LogP contribution in [0.15, 0.2) is 18.2 Å². The minimum absolute atomic E-state index is 0.218. The van der Waals surface area contributed by atoms with Crippen LogP contribution in [0.4, 0.5) is 4.39 Å². The van der Waals surface area contributed by atoms with Gasteiger partial charge in [0, 0.05) is 5.02 Å². The van der Waals surface area contributed by atoms with Crippen LogP contribution in [-0.4, -0.2) is 6.54 Å². The molecule has 1 nitrogen and oxygen atoms in total. The Morgan fingerprint density at radius 2 is 2.08 bits per heavy atom. The highest BCUT2D eigenvalue weighted by Gasteiger charge is 2.01. The molecule has 0 radical (unpaired) electrons. The highest BCUT2D eigenvalue weighted by molar-refractivity contribution is 6.30. The lowest BCUT2D eigenvalue weighted by molar-refractivity contribution is 0.601. The summed E-state index contributed by atoms with van der Waals surface area (Å²) in [5.41, 5.74) is 6.06. The molecule has 0 aliphatic rings. The van der Waals surface area contributed by atoms with E-state index in [9.17, 15) is 4.39 Å². The van der Waals surface area contributed by atoms with E-state index in [0.717, 1.165) is 24.8 Å². The van der Waals surface area contributed by atoms with Crippen molar-refractivity contribution in [3.8, 4) is 0 Å². The molecule has 72 valence electrons. The molecule has 0 saturated carbocycles. The molecular weight excluding hydrogens is 189 g/mol. The summed E-state index contributed by atoms with van der Waals surface area (Å²) in [5.74, 6) is -0.218. The molecule has 0 aromatic heterocycles. The summed E-state index contributed by atoms with van der Waals surface area (Å²) in [6, 6.07) is 4.79. The predicted octanol–water partition coefficient (Wildman–Crippen LogP) is 2.76. The van der Waals surface area contributed by atoms with Gasteiger partial charge in [-0.3, -0.25) is 0 Å². The van der Waals surface area contributed by atoms with Crippen molar-refractivity contribution in [3.05, 3.63) is 34.6 Å². The topological polar surface area (TPSA) is 26.0 Å². The average Bonchev–Trinajstić information content (AvgIpc) is 2.09. The lowest BCUT2D eigenvalue weighted by Crippen LogP contribution is -1.99. The SMILES string of the molecule is NCCCCc1ccc(Cl)cc1F. The molecular formula is C10H13ClFN. The van der Waals surface area contributed by atoms with Gasteiger partial charge in [-0.15, -0.1) is 0 Å². The Morgan fingerprint density at radius 3 is 2.69 bits per heavy atom. The standard InChI is InChI=1S/C10H13ClFN/c11-9-5-4-8(10(12)7-9)3-1-2-6-13/h4-5,7H,1-3,6,13H2. The van der Waals surface area contributed by atoms with Gasteiger partial charge in [0.15, 0.2) is 0 Å². The maximum atomic E-state index is 13.2. The van der Waals surface area contributed by atoms with Crippen molar-refractivity contribution in [1.29, 1.82) is 0 Å². The smallest absolute Gasteiger partial charge is 0.127 e. The number of halogens is 2. The quantitative estimate of drug-likeness (QED) is 0.745. The van der Waals surface area contributed by atoms with Gasteiger partial charge in [0.1, 0.15) is 5.82 Å². The van der Waals surface area contributed by atoms with E-state index in [2.05, 4.69) is 0 Å². The molecule has 0 aliphatic carbocycles. The van der Waals surface area contributed by atoms with Gasteiger partial charge in [-0.1, -0.05) is 17.7 Å². The van der Waals surface area contributed by atoms with Gasteiger partial charge in [0.25, 0.3) is 0 Å². The van der Waals surface area contributed by atoms with E-state index in [1.54, 1.807) is 12.1 Å². The summed E-state index contributed by atoms with van der Waals surface area (Å²) in [5, 5.41) is 0.445. The first kappa shape index (κ1) is 10.5. The zero-order valence-corrected chi connectivity index (χ0v) is 8.15. The molecule has 2 N–H and O–H groups in total. The third kappa shape index (κ3) is 3.33. The number of unbranched alkanes of at least 4 members (excludes halogenated alkanes) is 1. The molecule has 0 fully saturated rings. The molecule has 1 rings (SSSR count). The number of aryl methyl sites for hydroxylation is 1. The second-order valence-corrected chi connectivity index (χ2v) is 3.42. The van der Waals surface area contributed by atoms with E-state index in [1.807, 2.05) is 0 Å². The van der Waals surface area contributed by atoms with Crippen LogP contribution in [0.3, 0.4) is 0 Å². The molecule has 3 heteroatoms. The van der Waals surface area contributed by atoms with Gasteiger partial charge in [0.2, 0.25) is 0 Å². The fourth-order valence-electron chi connectivity index (χ4n) is 1.18. The Kier molecular flexibility index (Phi) is 4.19. The monoisotopic (exact) mass is 201 g/mol. The summed E-state index contributed by atoms with van der Waals surface area (Å²) >= 11 is 5.62. The summed E-state index contributed by atoms with van der Waals surface area (Å²) in [6.07, 6.45) is 2.59. The van der Waals surface area contributed by atoms with Crippen LogP contribution in [0.2, 0.25) is 5.02 Å². The van der Waals surface area contributed by atoms with Crippen molar-refractivity contribution in [2.75, 3.05) is 6.54 Å². The van der Waals surface area contributed by atoms with Crippen molar-refractivity contribution in [2.24, 2.45) is 5.73 Å². The fourth-order valence-corrected chi connectivity index (χ4v) is 1.34. The van der Waals surface area contributed by atoms with Crippen LogP contribution in [0.1, 0.15) is 18.4 Å². The van der Waals surface area contributed by atoms with E-state index in [1.165, 1.54) is 6.07 Å². The summed E-state index contributed by atoms with van der Waals surface area (Å²) < 4.78 is 13.2. The predicted molar refractivity (Wildman–Crippen MR) is 53.4 cm³/mol. The Labute approximate surface area is 82.7 Å². The minimum atomic E-state index is -0.218. The molecule has 1 aromatic rings. The Hall–Kier alpha value is -0.600. The third-order valence-corrected chi connectivity index (χ3v) is 2.15. The fraction of sp³-hybridized carbons (Fsp3) is 0.400. The third-order valence-electron chi connectivity index (χ3n) is 1.92. The molecule has 0 amide bonds. The van der Waals surface area contributed by atoms with Crippen LogP contribution in [0, 0.1) is 5.82 Å². The van der Waals surface area contributed by atoms with Gasteiger partial charge >= 0.3 is 0 Å². The van der Waals surface area contributed by atoms with Gasteiger partial charge in [0.05, 0.1) is 0 Å². The van der Waals surface area contributed by atoms with E-state index in [-0.39, 0.29) is 5.82 Å². The summed E-state index contributed by atoms with van der Waals surface area (Å²) in [4.78, 5) is 0. The van der Waals surface area contributed by atoms with E-state index < -0.39 is 0 Å². The summed E-state index contributed by atoms with van der Waals surface area (Å²) in [7, 11) is 0. The molecule has 13 heavy (non-hydrogen) atoms. The molecule has 0 unspecified atom stereocenters. The molecule has 0 spiro atoms. The molecule has 0 atom stereocenters. The molecule has 0 saturated heterocycles. The van der Waals surface area contributed by atoms with Crippen molar-refractivity contribution in [3.63, 3.8) is 0 Å². The maximum Gasteiger partial charge on any atom is 0.127 e. The van der Waals surface area contributed by atoms with Crippen molar-refractivity contribution >= 4 is 11.6 Å². The molecule has 0 bridgehead atoms. The van der Waals surface area contributed by atoms with E-state index >= 15 is 0 Å². The number of benzene rings is 1. The zero-order valence-electron chi connectivity index (χ0n) is 7.39. The summed E-state index contributed by atoms with van der Waals surface area (Å²) in [6.45, 7) is 0.662.